The van der Waals surface area contributed by atoms with Crippen LogP contribution in [0.15, 0.2) is 30.3 Å². The molecule has 80 valence electrons. The van der Waals surface area contributed by atoms with Crippen LogP contribution in [0.4, 0.5) is 0 Å². The second-order valence-electron chi connectivity index (χ2n) is 4.26. The highest BCUT2D eigenvalue weighted by Gasteiger charge is 2.39. The maximum Gasteiger partial charge on any atom is 0.150 e. The number of hydrogen-bond acceptors (Lipinski definition) is 3. The molecule has 0 amide bonds. The molecule has 1 N–H and O–H groups in total. The topological polar surface area (TPSA) is 38.3 Å². The van der Waals surface area contributed by atoms with Crippen LogP contribution < -0.4 is 5.32 Å². The van der Waals surface area contributed by atoms with Crippen LogP contribution in [0, 0.1) is 0 Å². The number of carbonyl (C=O) groups excluding carboxylic acids is 1. The highest BCUT2D eigenvalue weighted by Crippen LogP contribution is 2.30. The minimum Gasteiger partial charge on any atom is -0.349 e. The lowest BCUT2D eigenvalue weighted by Gasteiger charge is -2.17. The standard InChI is InChI=1S/C12H15NO2/c1-12(2)13-11(10(8-14)15-12)9-6-4-3-5-7-9/h3-8,10-11,13H,1-2H3. The van der Waals surface area contributed by atoms with Crippen LogP contribution in [0.25, 0.3) is 0 Å². The highest BCUT2D eigenvalue weighted by molar-refractivity contribution is 5.59. The van der Waals surface area contributed by atoms with E-state index in [1.54, 1.807) is 0 Å². The molecule has 0 aliphatic carbocycles. The van der Waals surface area contributed by atoms with Crippen molar-refractivity contribution in [2.75, 3.05) is 0 Å². The molecule has 0 spiro atoms. The fraction of sp³-hybridized carbons (Fsp3) is 0.417. The van der Waals surface area contributed by atoms with Crippen molar-refractivity contribution in [3.8, 4) is 0 Å². The smallest absolute Gasteiger partial charge is 0.150 e. The summed E-state index contributed by atoms with van der Waals surface area (Å²) in [5, 5.41) is 3.29. The minimum absolute atomic E-state index is 0.0429. The third-order valence-electron chi connectivity index (χ3n) is 2.56. The van der Waals surface area contributed by atoms with Crippen molar-refractivity contribution < 1.29 is 9.53 Å². The molecule has 0 saturated carbocycles. The van der Waals surface area contributed by atoms with Gasteiger partial charge in [0.15, 0.2) is 6.29 Å². The van der Waals surface area contributed by atoms with Crippen LogP contribution >= 0.6 is 0 Å². The van der Waals surface area contributed by atoms with Gasteiger partial charge in [-0.25, -0.2) is 0 Å². The molecular weight excluding hydrogens is 190 g/mol. The molecule has 1 heterocycles. The van der Waals surface area contributed by atoms with E-state index in [-0.39, 0.29) is 6.04 Å². The molecule has 1 aliphatic heterocycles. The molecule has 2 atom stereocenters. The summed E-state index contributed by atoms with van der Waals surface area (Å²) < 4.78 is 5.59. The SMILES string of the molecule is CC1(C)NC(c2ccccc2)C(C=O)O1. The summed E-state index contributed by atoms with van der Waals surface area (Å²) in [7, 11) is 0. The number of rotatable bonds is 2. The van der Waals surface area contributed by atoms with E-state index in [1.807, 2.05) is 44.2 Å². The Morgan fingerprint density at radius 1 is 1.33 bits per heavy atom. The second-order valence-corrected chi connectivity index (χ2v) is 4.26. The molecule has 1 fully saturated rings. The molecule has 0 bridgehead atoms. The Bertz CT molecular complexity index is 348. The monoisotopic (exact) mass is 205 g/mol. The zero-order valence-electron chi connectivity index (χ0n) is 8.94. The van der Waals surface area contributed by atoms with Gasteiger partial charge in [0.25, 0.3) is 0 Å². The van der Waals surface area contributed by atoms with Gasteiger partial charge in [0.2, 0.25) is 0 Å². The van der Waals surface area contributed by atoms with Gasteiger partial charge < -0.3 is 9.53 Å². The molecule has 1 aliphatic rings. The first-order valence-electron chi connectivity index (χ1n) is 5.08. The Hall–Kier alpha value is -1.19. The quantitative estimate of drug-likeness (QED) is 0.746. The van der Waals surface area contributed by atoms with Crippen molar-refractivity contribution in [3.63, 3.8) is 0 Å². The first kappa shape index (κ1) is 10.3. The molecule has 1 aromatic carbocycles. The number of hydrogen-bond donors (Lipinski definition) is 1. The number of benzene rings is 1. The lowest BCUT2D eigenvalue weighted by atomic mass is 10.0. The Labute approximate surface area is 89.4 Å². The summed E-state index contributed by atoms with van der Waals surface area (Å²) in [5.74, 6) is 0. The normalized spacial score (nSPS) is 28.9. The van der Waals surface area contributed by atoms with Crippen molar-refractivity contribution in [3.05, 3.63) is 35.9 Å². The van der Waals surface area contributed by atoms with Crippen molar-refractivity contribution in [2.24, 2.45) is 0 Å². The van der Waals surface area contributed by atoms with Crippen LogP contribution in [-0.4, -0.2) is 18.1 Å². The molecule has 0 radical (unpaired) electrons. The zero-order valence-corrected chi connectivity index (χ0v) is 8.94. The Morgan fingerprint density at radius 2 is 2.00 bits per heavy atom. The van der Waals surface area contributed by atoms with Crippen molar-refractivity contribution >= 4 is 6.29 Å². The number of carbonyl (C=O) groups is 1. The van der Waals surface area contributed by atoms with E-state index in [0.717, 1.165) is 11.8 Å². The first-order valence-corrected chi connectivity index (χ1v) is 5.08. The van der Waals surface area contributed by atoms with Crippen LogP contribution in [-0.2, 0) is 9.53 Å². The largest absolute Gasteiger partial charge is 0.349 e. The van der Waals surface area contributed by atoms with Crippen LogP contribution in [0.3, 0.4) is 0 Å². The highest BCUT2D eigenvalue weighted by atomic mass is 16.5. The van der Waals surface area contributed by atoms with Gasteiger partial charge in [-0.05, 0) is 19.4 Å². The average Bonchev–Trinajstić information content (AvgIpc) is 2.55. The van der Waals surface area contributed by atoms with Gasteiger partial charge >= 0.3 is 0 Å². The summed E-state index contributed by atoms with van der Waals surface area (Å²) in [6.07, 6.45) is 0.460. The van der Waals surface area contributed by atoms with Gasteiger partial charge in [0, 0.05) is 0 Å². The van der Waals surface area contributed by atoms with E-state index < -0.39 is 11.8 Å². The Balaban J connectivity index is 2.26. The van der Waals surface area contributed by atoms with Crippen molar-refractivity contribution in [2.45, 2.75) is 31.7 Å². The van der Waals surface area contributed by atoms with Gasteiger partial charge in [-0.3, -0.25) is 5.32 Å². The van der Waals surface area contributed by atoms with Gasteiger partial charge in [-0.1, -0.05) is 30.3 Å². The van der Waals surface area contributed by atoms with E-state index in [2.05, 4.69) is 5.32 Å². The maximum absolute atomic E-state index is 10.9. The van der Waals surface area contributed by atoms with E-state index in [4.69, 9.17) is 4.74 Å². The number of ether oxygens (including phenoxy) is 1. The second kappa shape index (κ2) is 3.76. The van der Waals surface area contributed by atoms with Crippen LogP contribution in [0.2, 0.25) is 0 Å². The summed E-state index contributed by atoms with van der Waals surface area (Å²) in [6, 6.07) is 9.84. The lowest BCUT2D eigenvalue weighted by Crippen LogP contribution is -2.34. The fourth-order valence-corrected chi connectivity index (χ4v) is 1.94. The van der Waals surface area contributed by atoms with Crippen molar-refractivity contribution in [1.29, 1.82) is 0 Å². The molecular formula is C12H15NO2. The molecule has 3 heteroatoms. The molecule has 2 unspecified atom stereocenters. The molecule has 1 aromatic rings. The average molecular weight is 205 g/mol. The summed E-state index contributed by atoms with van der Waals surface area (Å²) in [4.78, 5) is 10.9. The first-order chi connectivity index (χ1) is 7.12. The predicted octanol–water partition coefficient (Wildman–Crippen LogP) is 1.65. The van der Waals surface area contributed by atoms with E-state index in [9.17, 15) is 4.79 Å². The van der Waals surface area contributed by atoms with Gasteiger partial charge in [-0.2, -0.15) is 0 Å². The molecule has 15 heavy (non-hydrogen) atoms. The number of nitrogens with one attached hydrogen (secondary N) is 1. The summed E-state index contributed by atoms with van der Waals surface area (Å²) >= 11 is 0. The Morgan fingerprint density at radius 3 is 2.60 bits per heavy atom. The van der Waals surface area contributed by atoms with E-state index in [0.29, 0.717) is 0 Å². The fourth-order valence-electron chi connectivity index (χ4n) is 1.94. The number of aldehydes is 1. The predicted molar refractivity (Wildman–Crippen MR) is 57.3 cm³/mol. The molecule has 3 nitrogen and oxygen atoms in total. The lowest BCUT2D eigenvalue weighted by molar-refractivity contribution is -0.121. The van der Waals surface area contributed by atoms with Crippen LogP contribution in [0.1, 0.15) is 25.5 Å². The van der Waals surface area contributed by atoms with E-state index >= 15 is 0 Å². The van der Waals surface area contributed by atoms with E-state index in [1.165, 1.54) is 0 Å². The van der Waals surface area contributed by atoms with Gasteiger partial charge in [0.05, 0.1) is 6.04 Å². The third kappa shape index (κ3) is 2.08. The van der Waals surface area contributed by atoms with Gasteiger partial charge in [0.1, 0.15) is 11.8 Å². The van der Waals surface area contributed by atoms with Gasteiger partial charge in [-0.15, -0.1) is 0 Å². The molecule has 0 aromatic heterocycles. The third-order valence-corrected chi connectivity index (χ3v) is 2.56. The molecule has 2 rings (SSSR count). The molecule has 1 saturated heterocycles. The summed E-state index contributed by atoms with van der Waals surface area (Å²) in [5.41, 5.74) is 0.645. The zero-order chi connectivity index (χ0) is 10.9. The minimum atomic E-state index is -0.438. The van der Waals surface area contributed by atoms with Crippen LogP contribution in [0.5, 0.6) is 0 Å². The Kier molecular flexibility index (Phi) is 2.59. The summed E-state index contributed by atoms with van der Waals surface area (Å²) in [6.45, 7) is 3.85. The van der Waals surface area contributed by atoms with Crippen molar-refractivity contribution in [1.82, 2.24) is 5.32 Å². The maximum atomic E-state index is 10.9.